The second-order valence-corrected chi connectivity index (χ2v) is 5.35. The molecule has 1 unspecified atom stereocenters. The van der Waals surface area contributed by atoms with Crippen LogP contribution in [0.15, 0.2) is 0 Å². The number of aliphatic carboxylic acids is 1. The third kappa shape index (κ3) is 4.49. The molecule has 0 aliphatic rings. The van der Waals surface area contributed by atoms with E-state index in [-0.39, 0.29) is 11.9 Å². The first-order chi connectivity index (χ1) is 8.72. The van der Waals surface area contributed by atoms with Gasteiger partial charge in [-0.15, -0.1) is 0 Å². The first-order valence-corrected chi connectivity index (χ1v) is 7.02. The summed E-state index contributed by atoms with van der Waals surface area (Å²) in [5.41, 5.74) is -1.06. The van der Waals surface area contributed by atoms with Crippen molar-refractivity contribution in [1.82, 2.24) is 10.2 Å². The third-order valence-corrected chi connectivity index (χ3v) is 3.76. The van der Waals surface area contributed by atoms with Gasteiger partial charge in [0.25, 0.3) is 0 Å². The Bertz CT molecular complexity index is 312. The molecule has 5 nitrogen and oxygen atoms in total. The zero-order valence-corrected chi connectivity index (χ0v) is 13.0. The fourth-order valence-electron chi connectivity index (χ4n) is 2.23. The maximum Gasteiger partial charge on any atom is 0.323 e. The number of rotatable bonds is 8. The summed E-state index contributed by atoms with van der Waals surface area (Å²) in [6.45, 7) is 11.4. The highest BCUT2D eigenvalue weighted by Crippen LogP contribution is 2.18. The number of carbonyl (C=O) groups is 2. The predicted molar refractivity (Wildman–Crippen MR) is 76.1 cm³/mol. The van der Waals surface area contributed by atoms with Crippen LogP contribution in [0.4, 0.5) is 0 Å². The van der Waals surface area contributed by atoms with Gasteiger partial charge in [0.15, 0.2) is 0 Å². The summed E-state index contributed by atoms with van der Waals surface area (Å²) in [6.07, 6.45) is 1.76. The van der Waals surface area contributed by atoms with Gasteiger partial charge in [0.05, 0.1) is 6.04 Å². The van der Waals surface area contributed by atoms with Gasteiger partial charge in [-0.2, -0.15) is 0 Å². The summed E-state index contributed by atoms with van der Waals surface area (Å²) < 4.78 is 0. The van der Waals surface area contributed by atoms with Gasteiger partial charge < -0.3 is 10.4 Å². The molecule has 112 valence electrons. The Labute approximate surface area is 116 Å². The van der Waals surface area contributed by atoms with Crippen molar-refractivity contribution in [3.05, 3.63) is 0 Å². The number of nitrogens with zero attached hydrogens (tertiary/aromatic N) is 1. The highest BCUT2D eigenvalue weighted by atomic mass is 16.4. The van der Waals surface area contributed by atoms with Crippen molar-refractivity contribution in [2.45, 2.75) is 72.0 Å². The molecule has 0 aliphatic carbocycles. The van der Waals surface area contributed by atoms with Crippen LogP contribution in [0.25, 0.3) is 0 Å². The van der Waals surface area contributed by atoms with Crippen molar-refractivity contribution in [3.63, 3.8) is 0 Å². The molecule has 0 aromatic carbocycles. The maximum absolute atomic E-state index is 12.2. The quantitative estimate of drug-likeness (QED) is 0.707. The van der Waals surface area contributed by atoms with Crippen molar-refractivity contribution in [2.24, 2.45) is 0 Å². The van der Waals surface area contributed by atoms with E-state index in [2.05, 4.69) is 5.32 Å². The smallest absolute Gasteiger partial charge is 0.323 e. The maximum atomic E-state index is 12.2. The summed E-state index contributed by atoms with van der Waals surface area (Å²) in [7, 11) is 0. The van der Waals surface area contributed by atoms with Crippen LogP contribution in [-0.4, -0.2) is 46.1 Å². The van der Waals surface area contributed by atoms with E-state index in [4.69, 9.17) is 0 Å². The van der Waals surface area contributed by atoms with Crippen LogP contribution < -0.4 is 5.32 Å². The Kier molecular flexibility index (Phi) is 7.05. The summed E-state index contributed by atoms with van der Waals surface area (Å²) in [5, 5.41) is 12.2. The van der Waals surface area contributed by atoms with E-state index in [9.17, 15) is 14.7 Å². The fourth-order valence-corrected chi connectivity index (χ4v) is 2.23. The van der Waals surface area contributed by atoms with Gasteiger partial charge in [0, 0.05) is 6.04 Å². The normalized spacial score (nSPS) is 13.7. The van der Waals surface area contributed by atoms with E-state index in [1.54, 1.807) is 25.7 Å². The first-order valence-electron chi connectivity index (χ1n) is 7.02. The second kappa shape index (κ2) is 7.48. The van der Waals surface area contributed by atoms with Gasteiger partial charge in [-0.3, -0.25) is 14.5 Å². The first kappa shape index (κ1) is 17.9. The molecule has 0 aliphatic heterocycles. The Hall–Kier alpha value is -1.10. The van der Waals surface area contributed by atoms with Crippen LogP contribution in [0.1, 0.15) is 54.4 Å². The van der Waals surface area contributed by atoms with Crippen molar-refractivity contribution in [3.8, 4) is 0 Å². The minimum absolute atomic E-state index is 0.107. The number of amides is 1. The molecule has 0 radical (unpaired) electrons. The summed E-state index contributed by atoms with van der Waals surface area (Å²) in [4.78, 5) is 25.2. The van der Waals surface area contributed by atoms with E-state index < -0.39 is 17.6 Å². The number of nitrogens with one attached hydrogen (secondary N) is 1. The number of carboxylic acid groups (broad SMARTS) is 1. The summed E-state index contributed by atoms with van der Waals surface area (Å²) in [5.74, 6) is -1.03. The number of carboxylic acids is 1. The number of hydrogen-bond acceptors (Lipinski definition) is 3. The molecule has 2 N–H and O–H groups in total. The van der Waals surface area contributed by atoms with Gasteiger partial charge in [-0.25, -0.2) is 0 Å². The molecule has 5 heteroatoms. The van der Waals surface area contributed by atoms with Crippen LogP contribution in [0.2, 0.25) is 0 Å². The van der Waals surface area contributed by atoms with Crippen LogP contribution in [0, 0.1) is 0 Å². The van der Waals surface area contributed by atoms with Crippen LogP contribution in [0.5, 0.6) is 0 Å². The Morgan fingerprint density at radius 3 is 2.00 bits per heavy atom. The van der Waals surface area contributed by atoms with Crippen LogP contribution in [0.3, 0.4) is 0 Å². The van der Waals surface area contributed by atoms with Crippen LogP contribution >= 0.6 is 0 Å². The molecule has 0 bridgehead atoms. The van der Waals surface area contributed by atoms with Gasteiger partial charge in [-0.1, -0.05) is 20.8 Å². The lowest BCUT2D eigenvalue weighted by atomic mass is 10.00. The van der Waals surface area contributed by atoms with E-state index in [0.29, 0.717) is 6.54 Å². The average Bonchev–Trinajstić information content (AvgIpc) is 2.35. The topological polar surface area (TPSA) is 69.6 Å². The van der Waals surface area contributed by atoms with E-state index in [1.807, 2.05) is 20.8 Å². The molecule has 0 heterocycles. The molecular formula is C14H28N2O3. The highest BCUT2D eigenvalue weighted by Gasteiger charge is 2.38. The van der Waals surface area contributed by atoms with Crippen molar-refractivity contribution < 1.29 is 14.7 Å². The van der Waals surface area contributed by atoms with E-state index >= 15 is 0 Å². The van der Waals surface area contributed by atoms with Crippen LogP contribution in [-0.2, 0) is 9.59 Å². The molecule has 0 spiro atoms. The molecule has 1 amide bonds. The Morgan fingerprint density at radius 1 is 1.21 bits per heavy atom. The molecule has 0 saturated carbocycles. The molecule has 0 rings (SSSR count). The molecule has 0 aromatic rings. The third-order valence-electron chi connectivity index (χ3n) is 3.76. The second-order valence-electron chi connectivity index (χ2n) is 5.35. The largest absolute Gasteiger partial charge is 0.480 e. The SMILES string of the molecule is CCC(CC)NC(=O)C(C)N(CC)C(C)(C)C(=O)O. The highest BCUT2D eigenvalue weighted by molar-refractivity contribution is 5.84. The molecule has 0 saturated heterocycles. The fraction of sp³-hybridized carbons (Fsp3) is 0.857. The van der Waals surface area contributed by atoms with Gasteiger partial charge in [0.2, 0.25) is 5.91 Å². The Balaban J connectivity index is 4.90. The number of hydrogen-bond donors (Lipinski definition) is 2. The monoisotopic (exact) mass is 272 g/mol. The number of carbonyl (C=O) groups excluding carboxylic acids is 1. The lowest BCUT2D eigenvalue weighted by molar-refractivity contribution is -0.152. The molecule has 19 heavy (non-hydrogen) atoms. The molecule has 0 aromatic heterocycles. The zero-order valence-electron chi connectivity index (χ0n) is 13.0. The average molecular weight is 272 g/mol. The lowest BCUT2D eigenvalue weighted by Gasteiger charge is -2.38. The summed E-state index contributed by atoms with van der Waals surface area (Å²) in [6, 6.07) is -0.307. The predicted octanol–water partition coefficient (Wildman–Crippen LogP) is 1.86. The summed E-state index contributed by atoms with van der Waals surface area (Å²) >= 11 is 0. The van der Waals surface area contributed by atoms with Crippen molar-refractivity contribution >= 4 is 11.9 Å². The van der Waals surface area contributed by atoms with Gasteiger partial charge >= 0.3 is 5.97 Å². The minimum atomic E-state index is -1.06. The lowest BCUT2D eigenvalue weighted by Crippen LogP contribution is -2.58. The minimum Gasteiger partial charge on any atom is -0.480 e. The number of likely N-dealkylation sites (N-methyl/N-ethyl adjacent to an activating group) is 1. The van der Waals surface area contributed by atoms with Crippen molar-refractivity contribution in [1.29, 1.82) is 0 Å². The molecule has 0 fully saturated rings. The van der Waals surface area contributed by atoms with E-state index in [0.717, 1.165) is 12.8 Å². The molecule has 1 atom stereocenters. The Morgan fingerprint density at radius 2 is 1.68 bits per heavy atom. The van der Waals surface area contributed by atoms with Crippen molar-refractivity contribution in [2.75, 3.05) is 6.54 Å². The van der Waals surface area contributed by atoms with Gasteiger partial charge in [0.1, 0.15) is 5.54 Å². The van der Waals surface area contributed by atoms with E-state index in [1.165, 1.54) is 0 Å². The molecular weight excluding hydrogens is 244 g/mol. The standard InChI is InChI=1S/C14H28N2O3/c1-7-11(8-2)15-12(17)10(4)16(9-3)14(5,6)13(18)19/h10-11H,7-9H2,1-6H3,(H,15,17)(H,18,19). The zero-order chi connectivity index (χ0) is 15.2. The van der Waals surface area contributed by atoms with Gasteiger partial charge in [-0.05, 0) is 40.2 Å².